The maximum Gasteiger partial charge on any atom is 0.0714 e. The van der Waals surface area contributed by atoms with Gasteiger partial charge in [0.1, 0.15) is 0 Å². The predicted molar refractivity (Wildman–Crippen MR) is 566 cm³/mol. The monoisotopic (exact) mass is 1700 g/mol. The molecule has 0 radical (unpaired) electrons. The molecule has 0 aliphatic heterocycles. The van der Waals surface area contributed by atoms with E-state index in [1.807, 2.05) is 0 Å². The molecule has 22 aromatic rings. The first-order valence-corrected chi connectivity index (χ1v) is 46.4. The summed E-state index contributed by atoms with van der Waals surface area (Å²) in [5.74, 6) is 0. The summed E-state index contributed by atoms with van der Waals surface area (Å²) in [6, 6.07) is 202. The number of fused-ring (bicyclic) bond motifs is 3. The largest absolute Gasteiger partial charge is 0.0714 e. The summed E-state index contributed by atoms with van der Waals surface area (Å²) in [6.45, 7) is 2.34. The highest BCUT2D eigenvalue weighted by Gasteiger charge is 2.49. The Balaban J connectivity index is 0.816. The molecule has 134 heavy (non-hydrogen) atoms. The molecule has 0 heterocycles. The topological polar surface area (TPSA) is 0 Å². The molecule has 1 aliphatic carbocycles. The van der Waals surface area contributed by atoms with Crippen molar-refractivity contribution in [3.05, 3.63) is 568 Å². The third kappa shape index (κ3) is 15.9. The molecule has 0 aromatic heterocycles. The minimum atomic E-state index is -1.05. The van der Waals surface area contributed by atoms with Crippen molar-refractivity contribution in [2.24, 2.45) is 0 Å². The van der Waals surface area contributed by atoms with Gasteiger partial charge >= 0.3 is 0 Å². The van der Waals surface area contributed by atoms with Gasteiger partial charge in [0.2, 0.25) is 0 Å². The first-order chi connectivity index (χ1) is 66.3. The third-order valence-corrected chi connectivity index (χ3v) is 27.1. The third-order valence-electron chi connectivity index (χ3n) is 27.1. The van der Waals surface area contributed by atoms with Crippen molar-refractivity contribution in [1.82, 2.24) is 0 Å². The van der Waals surface area contributed by atoms with Crippen LogP contribution in [0.15, 0.2) is 540 Å². The normalized spacial score (nSPS) is 11.8. The Morgan fingerprint density at radius 2 is 0.276 bits per heavy atom. The first kappa shape index (κ1) is 81.3. The molecule has 0 heteroatoms. The van der Waals surface area contributed by atoms with Crippen LogP contribution in [-0.4, -0.2) is 0 Å². The molecule has 628 valence electrons. The summed E-state index contributed by atoms with van der Waals surface area (Å²) >= 11 is 0. The number of hydrogen-bond acceptors (Lipinski definition) is 0. The van der Waals surface area contributed by atoms with Crippen molar-refractivity contribution in [2.45, 2.75) is 12.3 Å². The maximum atomic E-state index is 2.57. The van der Waals surface area contributed by atoms with Gasteiger partial charge in [-0.05, 0) is 380 Å². The molecule has 0 fully saturated rings. The Kier molecular flexibility index (Phi) is 21.7. The zero-order valence-electron chi connectivity index (χ0n) is 74.4. The lowest BCUT2D eigenvalue weighted by Gasteiger charge is -2.36. The van der Waals surface area contributed by atoms with Gasteiger partial charge < -0.3 is 0 Å². The van der Waals surface area contributed by atoms with Gasteiger partial charge in [-0.2, -0.15) is 0 Å². The summed E-state index contributed by atoms with van der Waals surface area (Å²) in [4.78, 5) is 0. The van der Waals surface area contributed by atoms with Crippen LogP contribution in [0.4, 0.5) is 0 Å². The summed E-state index contributed by atoms with van der Waals surface area (Å²) in [7, 11) is 0. The van der Waals surface area contributed by atoms with E-state index in [-0.39, 0.29) is 0 Å². The minimum Gasteiger partial charge on any atom is -0.0622 e. The standard InChI is InChI=1S/C134H92/c1-91-37-31-67-130-132(91)133-129(128-65-30-29-64-127(128)100-54-27-10-28-55-100)66-36-68-131(133)134(130,125-87-121(105-60-32-56-101(69-105)117-77-109(92-38-11-2-12-39-92)73-110(78-117)93-40-13-3-14-41-93)85-122(88-125)106-61-33-57-102(70-106)118-79-111(94-42-15-4-16-43-94)74-112(80-118)95-44-17-5-18-45-95)126-89-123(107-62-34-58-103(71-107)119-81-113(96-46-19-6-20-47-96)75-114(82-119)97-48-21-7-22-49-97)86-124(90-126)108-63-35-59-104(72-108)120-83-115(98-50-23-8-24-51-98)76-116(84-120)99-52-25-9-26-53-99/h2-90H,1H3. The fraction of sp³-hybridized carbons (Fsp3) is 0.0149. The highest BCUT2D eigenvalue weighted by Crippen LogP contribution is 2.62. The molecular weight excluding hydrogens is 1610 g/mol. The van der Waals surface area contributed by atoms with Gasteiger partial charge in [0.05, 0.1) is 5.41 Å². The van der Waals surface area contributed by atoms with Gasteiger partial charge in [-0.1, -0.05) is 406 Å². The molecule has 0 N–H and O–H groups in total. The zero-order valence-corrected chi connectivity index (χ0v) is 74.4. The molecule has 0 unspecified atom stereocenters. The molecule has 22 aromatic carbocycles. The average molecular weight is 1700 g/mol. The Morgan fingerprint density at radius 3 is 0.522 bits per heavy atom. The molecule has 1 aliphatic rings. The van der Waals surface area contributed by atoms with Crippen molar-refractivity contribution < 1.29 is 0 Å². The molecule has 0 bridgehead atoms. The highest BCUT2D eigenvalue weighted by molar-refractivity contribution is 6.02. The Bertz CT molecular complexity index is 7100. The van der Waals surface area contributed by atoms with E-state index in [2.05, 4.69) is 547 Å². The van der Waals surface area contributed by atoms with Crippen molar-refractivity contribution in [1.29, 1.82) is 0 Å². The van der Waals surface area contributed by atoms with Crippen LogP contribution in [0, 0.1) is 6.92 Å². The van der Waals surface area contributed by atoms with Crippen molar-refractivity contribution in [2.75, 3.05) is 0 Å². The van der Waals surface area contributed by atoms with Crippen molar-refractivity contribution in [3.8, 4) is 211 Å². The predicted octanol–water partition coefficient (Wildman–Crippen LogP) is 36.4. The minimum absolute atomic E-state index is 1.05. The fourth-order valence-electron chi connectivity index (χ4n) is 20.6. The highest BCUT2D eigenvalue weighted by atomic mass is 14.5. The molecular formula is C134H92. The van der Waals surface area contributed by atoms with E-state index >= 15 is 0 Å². The lowest BCUT2D eigenvalue weighted by Crippen LogP contribution is -2.29. The Morgan fingerprint density at radius 1 is 0.112 bits per heavy atom. The SMILES string of the molecule is Cc1cccc2c1-c1c(-c3ccccc3-c3ccccc3)cccc1C2(c1cc(-c2cccc(-c3cc(-c4ccccc4)cc(-c4ccccc4)c3)c2)cc(-c2cccc(-c3cc(-c4ccccc4)cc(-c4ccccc4)c3)c2)c1)c1cc(-c2cccc(-c3cc(-c4ccccc4)cc(-c4ccccc4)c3)c2)cc(-c2cccc(-c3cc(-c4ccccc4)cc(-c4ccccc4)c3)c2)c1. The number of rotatable bonds is 20. The van der Waals surface area contributed by atoms with E-state index in [1.165, 1.54) is 89.0 Å². The molecule has 23 rings (SSSR count). The molecule has 0 atom stereocenters. The van der Waals surface area contributed by atoms with E-state index in [0.29, 0.717) is 0 Å². The second-order valence-electron chi connectivity index (χ2n) is 35.4. The number of aryl methyl sites for hydroxylation is 1. The van der Waals surface area contributed by atoms with Gasteiger partial charge in [-0.3, -0.25) is 0 Å². The van der Waals surface area contributed by atoms with E-state index in [0.717, 1.165) is 150 Å². The van der Waals surface area contributed by atoms with Crippen molar-refractivity contribution >= 4 is 0 Å². The molecule has 0 nitrogen and oxygen atoms in total. The lowest BCUT2D eigenvalue weighted by molar-refractivity contribution is 0.769. The van der Waals surface area contributed by atoms with Gasteiger partial charge in [0.15, 0.2) is 0 Å². The quantitative estimate of drug-likeness (QED) is 0.0713. The van der Waals surface area contributed by atoms with Gasteiger partial charge in [-0.15, -0.1) is 0 Å². The summed E-state index contributed by atoms with van der Waals surface area (Å²) in [5.41, 5.74) is 48.4. The molecule has 0 spiro atoms. The van der Waals surface area contributed by atoms with E-state index in [1.54, 1.807) is 0 Å². The zero-order chi connectivity index (χ0) is 89.3. The first-order valence-electron chi connectivity index (χ1n) is 46.4. The smallest absolute Gasteiger partial charge is 0.0622 e. The Labute approximate surface area is 785 Å². The van der Waals surface area contributed by atoms with Crippen molar-refractivity contribution in [3.63, 3.8) is 0 Å². The van der Waals surface area contributed by atoms with Gasteiger partial charge in [0, 0.05) is 0 Å². The summed E-state index contributed by atoms with van der Waals surface area (Å²) < 4.78 is 0. The molecule has 0 amide bonds. The number of hydrogen-bond donors (Lipinski definition) is 0. The van der Waals surface area contributed by atoms with Crippen LogP contribution in [0.25, 0.3) is 211 Å². The summed E-state index contributed by atoms with van der Waals surface area (Å²) in [6.07, 6.45) is 0. The molecule has 0 saturated carbocycles. The van der Waals surface area contributed by atoms with Gasteiger partial charge in [-0.25, -0.2) is 0 Å². The average Bonchev–Trinajstić information content (AvgIpc) is 1.51. The second-order valence-corrected chi connectivity index (χ2v) is 35.4. The fourth-order valence-corrected chi connectivity index (χ4v) is 20.6. The van der Waals surface area contributed by atoms with Crippen LogP contribution in [0.1, 0.15) is 27.8 Å². The Hall–Kier alpha value is -17.2. The maximum absolute atomic E-state index is 2.57. The summed E-state index contributed by atoms with van der Waals surface area (Å²) in [5, 5.41) is 0. The van der Waals surface area contributed by atoms with Crippen LogP contribution in [-0.2, 0) is 5.41 Å². The molecule has 0 saturated heterocycles. The van der Waals surface area contributed by atoms with E-state index in [4.69, 9.17) is 0 Å². The van der Waals surface area contributed by atoms with Crippen LogP contribution in [0.5, 0.6) is 0 Å². The van der Waals surface area contributed by atoms with E-state index in [9.17, 15) is 0 Å². The van der Waals surface area contributed by atoms with Crippen LogP contribution >= 0.6 is 0 Å². The van der Waals surface area contributed by atoms with Crippen LogP contribution in [0.3, 0.4) is 0 Å². The number of benzene rings is 22. The van der Waals surface area contributed by atoms with Crippen LogP contribution < -0.4 is 0 Å². The van der Waals surface area contributed by atoms with Crippen LogP contribution in [0.2, 0.25) is 0 Å². The second kappa shape index (κ2) is 35.7. The van der Waals surface area contributed by atoms with E-state index < -0.39 is 5.41 Å². The lowest BCUT2D eigenvalue weighted by atomic mass is 9.65. The van der Waals surface area contributed by atoms with Gasteiger partial charge in [0.25, 0.3) is 0 Å².